The van der Waals surface area contributed by atoms with Crippen molar-refractivity contribution in [2.45, 2.75) is 18.9 Å². The number of carbonyl (C=O) groups is 1. The zero-order chi connectivity index (χ0) is 12.5. The lowest BCUT2D eigenvalue weighted by Gasteiger charge is -2.25. The number of carboxylic acid groups (broad SMARTS) is 1. The van der Waals surface area contributed by atoms with Gasteiger partial charge in [-0.15, -0.1) is 12.4 Å². The summed E-state index contributed by atoms with van der Waals surface area (Å²) in [6.45, 7) is 1.79. The highest BCUT2D eigenvalue weighted by molar-refractivity contribution is 5.92. The van der Waals surface area contributed by atoms with E-state index in [-0.39, 0.29) is 12.4 Å². The molecule has 0 aliphatic heterocycles. The van der Waals surface area contributed by atoms with Gasteiger partial charge in [-0.1, -0.05) is 49.4 Å². The van der Waals surface area contributed by atoms with Crippen molar-refractivity contribution in [3.63, 3.8) is 0 Å². The summed E-state index contributed by atoms with van der Waals surface area (Å²) in [7, 11) is 0. The Morgan fingerprint density at radius 1 is 1.22 bits per heavy atom. The van der Waals surface area contributed by atoms with Crippen molar-refractivity contribution in [3.05, 3.63) is 48.0 Å². The van der Waals surface area contributed by atoms with Crippen molar-refractivity contribution in [1.29, 1.82) is 0 Å². The number of hydrogen-bond donors (Lipinski definition) is 2. The number of fused-ring (bicyclic) bond motifs is 1. The summed E-state index contributed by atoms with van der Waals surface area (Å²) >= 11 is 0. The molecule has 0 aliphatic carbocycles. The fourth-order valence-corrected chi connectivity index (χ4v) is 2.07. The van der Waals surface area contributed by atoms with Crippen molar-refractivity contribution in [3.8, 4) is 0 Å². The van der Waals surface area contributed by atoms with Gasteiger partial charge in [0.1, 0.15) is 5.54 Å². The fourth-order valence-electron chi connectivity index (χ4n) is 2.07. The Morgan fingerprint density at radius 3 is 2.44 bits per heavy atom. The Balaban J connectivity index is 0.00000162. The molecule has 2 aromatic carbocycles. The van der Waals surface area contributed by atoms with E-state index in [0.717, 1.165) is 10.8 Å². The second-order valence-electron chi connectivity index (χ2n) is 4.16. The van der Waals surface area contributed by atoms with Crippen LogP contribution in [-0.2, 0) is 10.3 Å². The molecule has 0 aromatic heterocycles. The van der Waals surface area contributed by atoms with E-state index in [9.17, 15) is 9.90 Å². The van der Waals surface area contributed by atoms with E-state index < -0.39 is 11.5 Å². The van der Waals surface area contributed by atoms with Gasteiger partial charge < -0.3 is 10.8 Å². The molecule has 18 heavy (non-hydrogen) atoms. The molecule has 0 saturated heterocycles. The normalized spacial score (nSPS) is 13.7. The minimum Gasteiger partial charge on any atom is -0.480 e. The Morgan fingerprint density at radius 2 is 1.83 bits per heavy atom. The second-order valence-corrected chi connectivity index (χ2v) is 4.16. The number of halogens is 1. The molecule has 2 aromatic rings. The molecular weight excluding hydrogens is 250 g/mol. The highest BCUT2D eigenvalue weighted by Crippen LogP contribution is 2.29. The van der Waals surface area contributed by atoms with Crippen molar-refractivity contribution in [1.82, 2.24) is 0 Å². The molecule has 1 atom stereocenters. The molecule has 0 unspecified atom stereocenters. The van der Waals surface area contributed by atoms with Crippen LogP contribution in [0.15, 0.2) is 42.5 Å². The van der Waals surface area contributed by atoms with Crippen molar-refractivity contribution >= 4 is 29.1 Å². The summed E-state index contributed by atoms with van der Waals surface area (Å²) < 4.78 is 0. The van der Waals surface area contributed by atoms with Gasteiger partial charge in [0.15, 0.2) is 0 Å². The molecule has 3 nitrogen and oxygen atoms in total. The average molecular weight is 266 g/mol. The molecule has 2 rings (SSSR count). The minimum absolute atomic E-state index is 0. The SMILES string of the molecule is CC[C@](N)(C(=O)O)c1cccc2ccccc12.Cl. The fraction of sp³-hybridized carbons (Fsp3) is 0.214. The van der Waals surface area contributed by atoms with Crippen LogP contribution in [0, 0.1) is 0 Å². The van der Waals surface area contributed by atoms with Gasteiger partial charge in [-0.3, -0.25) is 0 Å². The first kappa shape index (κ1) is 14.5. The topological polar surface area (TPSA) is 63.3 Å². The molecule has 0 saturated carbocycles. The highest BCUT2D eigenvalue weighted by atomic mass is 35.5. The summed E-state index contributed by atoms with van der Waals surface area (Å²) in [5.74, 6) is -0.989. The maximum Gasteiger partial charge on any atom is 0.328 e. The first-order chi connectivity index (χ1) is 8.09. The van der Waals surface area contributed by atoms with Gasteiger partial charge in [-0.2, -0.15) is 0 Å². The van der Waals surface area contributed by atoms with Crippen LogP contribution in [0.1, 0.15) is 18.9 Å². The molecule has 0 aliphatic rings. The van der Waals surface area contributed by atoms with E-state index in [1.807, 2.05) is 36.4 Å². The van der Waals surface area contributed by atoms with E-state index in [1.54, 1.807) is 13.0 Å². The van der Waals surface area contributed by atoms with Gasteiger partial charge in [0.2, 0.25) is 0 Å². The van der Waals surface area contributed by atoms with E-state index in [0.29, 0.717) is 12.0 Å². The number of benzene rings is 2. The molecular formula is C14H16ClNO2. The number of hydrogen-bond acceptors (Lipinski definition) is 2. The third-order valence-electron chi connectivity index (χ3n) is 3.21. The van der Waals surface area contributed by atoms with Gasteiger partial charge in [0.05, 0.1) is 0 Å². The first-order valence-corrected chi connectivity index (χ1v) is 5.60. The molecule has 0 amide bonds. The molecule has 0 fully saturated rings. The predicted octanol–water partition coefficient (Wildman–Crippen LogP) is 2.91. The van der Waals surface area contributed by atoms with Crippen molar-refractivity contribution in [2.75, 3.05) is 0 Å². The van der Waals surface area contributed by atoms with Crippen LogP contribution in [0.3, 0.4) is 0 Å². The summed E-state index contributed by atoms with van der Waals surface area (Å²) in [5.41, 5.74) is 5.38. The minimum atomic E-state index is -1.32. The summed E-state index contributed by atoms with van der Waals surface area (Å²) in [6.07, 6.45) is 0.357. The van der Waals surface area contributed by atoms with E-state index >= 15 is 0 Å². The lowest BCUT2D eigenvalue weighted by atomic mass is 9.85. The van der Waals surface area contributed by atoms with Crippen LogP contribution < -0.4 is 5.73 Å². The van der Waals surface area contributed by atoms with Crippen LogP contribution in [0.4, 0.5) is 0 Å². The van der Waals surface area contributed by atoms with Gasteiger partial charge in [0, 0.05) is 0 Å². The first-order valence-electron chi connectivity index (χ1n) is 5.60. The van der Waals surface area contributed by atoms with E-state index in [4.69, 9.17) is 5.73 Å². The van der Waals surface area contributed by atoms with Crippen molar-refractivity contribution in [2.24, 2.45) is 5.73 Å². The maximum absolute atomic E-state index is 11.4. The predicted molar refractivity (Wildman–Crippen MR) is 75.0 cm³/mol. The quantitative estimate of drug-likeness (QED) is 0.897. The number of nitrogens with two attached hydrogens (primary N) is 1. The number of aliphatic carboxylic acids is 1. The Labute approximate surface area is 112 Å². The van der Waals surface area contributed by atoms with Crippen LogP contribution in [0.5, 0.6) is 0 Å². The lowest BCUT2D eigenvalue weighted by Crippen LogP contribution is -2.44. The lowest BCUT2D eigenvalue weighted by molar-refractivity contribution is -0.143. The van der Waals surface area contributed by atoms with Gasteiger partial charge in [-0.25, -0.2) is 4.79 Å². The standard InChI is InChI=1S/C14H15NO2.ClH/c1-2-14(15,13(16)17)12-9-5-7-10-6-3-4-8-11(10)12;/h3-9H,2,15H2,1H3,(H,16,17);1H/t14-;/m1./s1. The molecule has 0 radical (unpaired) electrons. The Bertz CT molecular complexity index is 565. The Hall–Kier alpha value is -1.58. The van der Waals surface area contributed by atoms with Gasteiger partial charge >= 0.3 is 5.97 Å². The molecule has 3 N–H and O–H groups in total. The monoisotopic (exact) mass is 265 g/mol. The number of rotatable bonds is 3. The van der Waals surface area contributed by atoms with Crippen LogP contribution in [0.25, 0.3) is 10.8 Å². The van der Waals surface area contributed by atoms with Gasteiger partial charge in [-0.05, 0) is 22.8 Å². The third-order valence-corrected chi connectivity index (χ3v) is 3.21. The van der Waals surface area contributed by atoms with Gasteiger partial charge in [0.25, 0.3) is 0 Å². The van der Waals surface area contributed by atoms with E-state index in [2.05, 4.69) is 0 Å². The number of carboxylic acids is 1. The van der Waals surface area contributed by atoms with Crippen molar-refractivity contribution < 1.29 is 9.90 Å². The molecule has 4 heteroatoms. The average Bonchev–Trinajstić information content (AvgIpc) is 2.37. The zero-order valence-corrected chi connectivity index (χ0v) is 10.9. The van der Waals surface area contributed by atoms with Crippen LogP contribution in [-0.4, -0.2) is 11.1 Å². The smallest absolute Gasteiger partial charge is 0.328 e. The summed E-state index contributed by atoms with van der Waals surface area (Å²) in [5, 5.41) is 11.2. The second kappa shape index (κ2) is 5.38. The van der Waals surface area contributed by atoms with Crippen LogP contribution in [0.2, 0.25) is 0 Å². The third kappa shape index (κ3) is 2.19. The Kier molecular flexibility index (Phi) is 4.33. The molecule has 96 valence electrons. The molecule has 0 heterocycles. The van der Waals surface area contributed by atoms with Crippen LogP contribution >= 0.6 is 12.4 Å². The zero-order valence-electron chi connectivity index (χ0n) is 10.1. The molecule has 0 bridgehead atoms. The summed E-state index contributed by atoms with van der Waals surface area (Å²) in [6, 6.07) is 13.3. The molecule has 0 spiro atoms. The van der Waals surface area contributed by atoms with E-state index in [1.165, 1.54) is 0 Å². The highest BCUT2D eigenvalue weighted by Gasteiger charge is 2.35. The summed E-state index contributed by atoms with van der Waals surface area (Å²) in [4.78, 5) is 11.4. The maximum atomic E-state index is 11.4. The largest absolute Gasteiger partial charge is 0.480 e.